The maximum absolute atomic E-state index is 8.89. The SMILES string of the molecule is CCCCCCCCCn1cc(CO)cn1. The van der Waals surface area contributed by atoms with E-state index in [1.807, 2.05) is 10.9 Å². The van der Waals surface area contributed by atoms with E-state index in [0.717, 1.165) is 12.1 Å². The van der Waals surface area contributed by atoms with Crippen LogP contribution in [0.25, 0.3) is 0 Å². The second-order valence-electron chi connectivity index (χ2n) is 4.39. The minimum Gasteiger partial charge on any atom is -0.392 e. The standard InChI is InChI=1S/C13H24N2O/c1-2-3-4-5-6-7-8-9-15-11-13(12-16)10-14-15/h10-11,16H,2-9,12H2,1H3. The molecule has 0 aliphatic carbocycles. The van der Waals surface area contributed by atoms with E-state index in [2.05, 4.69) is 12.0 Å². The molecule has 92 valence electrons. The second kappa shape index (κ2) is 8.34. The van der Waals surface area contributed by atoms with Crippen molar-refractivity contribution in [2.24, 2.45) is 0 Å². The van der Waals surface area contributed by atoms with Gasteiger partial charge < -0.3 is 5.11 Å². The van der Waals surface area contributed by atoms with Crippen molar-refractivity contribution < 1.29 is 5.11 Å². The van der Waals surface area contributed by atoms with Crippen molar-refractivity contribution in [3.63, 3.8) is 0 Å². The van der Waals surface area contributed by atoms with Crippen molar-refractivity contribution in [2.75, 3.05) is 0 Å². The first-order valence-electron chi connectivity index (χ1n) is 6.49. The number of aliphatic hydroxyl groups is 1. The fourth-order valence-corrected chi connectivity index (χ4v) is 1.84. The Bertz CT molecular complexity index is 271. The van der Waals surface area contributed by atoms with Crippen LogP contribution in [-0.2, 0) is 13.2 Å². The van der Waals surface area contributed by atoms with Crippen LogP contribution in [0, 0.1) is 0 Å². The number of rotatable bonds is 9. The molecule has 1 aromatic rings. The van der Waals surface area contributed by atoms with Gasteiger partial charge in [0.05, 0.1) is 12.8 Å². The molecule has 0 amide bonds. The van der Waals surface area contributed by atoms with Gasteiger partial charge in [-0.2, -0.15) is 5.10 Å². The van der Waals surface area contributed by atoms with Gasteiger partial charge in [0.1, 0.15) is 0 Å². The summed E-state index contributed by atoms with van der Waals surface area (Å²) in [6, 6.07) is 0. The molecule has 1 heterocycles. The van der Waals surface area contributed by atoms with Gasteiger partial charge in [-0.3, -0.25) is 4.68 Å². The molecule has 0 aliphatic heterocycles. The van der Waals surface area contributed by atoms with E-state index in [4.69, 9.17) is 5.11 Å². The van der Waals surface area contributed by atoms with Gasteiger partial charge in [-0.15, -0.1) is 0 Å². The lowest BCUT2D eigenvalue weighted by molar-refractivity contribution is 0.281. The minimum absolute atomic E-state index is 0.0943. The average molecular weight is 224 g/mol. The number of unbranched alkanes of at least 4 members (excludes halogenated alkanes) is 6. The third-order valence-corrected chi connectivity index (χ3v) is 2.86. The molecule has 3 nitrogen and oxygen atoms in total. The Morgan fingerprint density at radius 3 is 2.44 bits per heavy atom. The van der Waals surface area contributed by atoms with Crippen LogP contribution in [0.4, 0.5) is 0 Å². The van der Waals surface area contributed by atoms with E-state index in [1.165, 1.54) is 44.9 Å². The van der Waals surface area contributed by atoms with Gasteiger partial charge in [0.25, 0.3) is 0 Å². The molecule has 1 aromatic heterocycles. The molecular weight excluding hydrogens is 200 g/mol. The van der Waals surface area contributed by atoms with Crippen molar-refractivity contribution in [3.8, 4) is 0 Å². The Kier molecular flexibility index (Phi) is 6.90. The molecule has 0 fully saturated rings. The molecule has 0 saturated carbocycles. The van der Waals surface area contributed by atoms with Gasteiger partial charge in [0.15, 0.2) is 0 Å². The lowest BCUT2D eigenvalue weighted by atomic mass is 10.1. The van der Waals surface area contributed by atoms with Crippen molar-refractivity contribution >= 4 is 0 Å². The summed E-state index contributed by atoms with van der Waals surface area (Å²) in [5.41, 5.74) is 0.906. The van der Waals surface area contributed by atoms with Crippen LogP contribution in [0.1, 0.15) is 57.4 Å². The van der Waals surface area contributed by atoms with Crippen LogP contribution in [0.2, 0.25) is 0 Å². The Morgan fingerprint density at radius 1 is 1.12 bits per heavy atom. The minimum atomic E-state index is 0.0943. The van der Waals surface area contributed by atoms with E-state index in [-0.39, 0.29) is 6.61 Å². The van der Waals surface area contributed by atoms with E-state index < -0.39 is 0 Å². The highest BCUT2D eigenvalue weighted by Gasteiger charge is 1.96. The topological polar surface area (TPSA) is 38.0 Å². The molecule has 0 bridgehead atoms. The molecule has 0 radical (unpaired) electrons. The van der Waals surface area contributed by atoms with Gasteiger partial charge in [-0.25, -0.2) is 0 Å². The second-order valence-corrected chi connectivity index (χ2v) is 4.39. The molecule has 0 aliphatic rings. The molecule has 0 atom stereocenters. The van der Waals surface area contributed by atoms with Crippen LogP contribution in [0.3, 0.4) is 0 Å². The molecule has 0 spiro atoms. The zero-order chi connectivity index (χ0) is 11.6. The highest BCUT2D eigenvalue weighted by molar-refractivity contribution is 5.01. The zero-order valence-electron chi connectivity index (χ0n) is 10.4. The van der Waals surface area contributed by atoms with Crippen LogP contribution >= 0.6 is 0 Å². The van der Waals surface area contributed by atoms with Crippen molar-refractivity contribution in [1.29, 1.82) is 0 Å². The third-order valence-electron chi connectivity index (χ3n) is 2.86. The quantitative estimate of drug-likeness (QED) is 0.654. The predicted octanol–water partition coefficient (Wildman–Crippen LogP) is 3.13. The number of aliphatic hydroxyl groups excluding tert-OH is 1. The van der Waals surface area contributed by atoms with Gasteiger partial charge in [0.2, 0.25) is 0 Å². The summed E-state index contributed by atoms with van der Waals surface area (Å²) >= 11 is 0. The normalized spacial score (nSPS) is 10.9. The first-order chi connectivity index (χ1) is 7.86. The Morgan fingerprint density at radius 2 is 1.81 bits per heavy atom. The fraction of sp³-hybridized carbons (Fsp3) is 0.769. The average Bonchev–Trinajstić information content (AvgIpc) is 2.76. The lowest BCUT2D eigenvalue weighted by Gasteiger charge is -2.01. The van der Waals surface area contributed by atoms with Gasteiger partial charge >= 0.3 is 0 Å². The maximum atomic E-state index is 8.89. The fourth-order valence-electron chi connectivity index (χ4n) is 1.84. The molecule has 1 rings (SSSR count). The lowest BCUT2D eigenvalue weighted by Crippen LogP contribution is -1.98. The number of aromatic nitrogens is 2. The van der Waals surface area contributed by atoms with Crippen molar-refractivity contribution in [1.82, 2.24) is 9.78 Å². The molecule has 1 N–H and O–H groups in total. The van der Waals surface area contributed by atoms with Gasteiger partial charge in [-0.1, -0.05) is 45.4 Å². The van der Waals surface area contributed by atoms with E-state index in [1.54, 1.807) is 6.20 Å². The van der Waals surface area contributed by atoms with Gasteiger partial charge in [-0.05, 0) is 6.42 Å². The third kappa shape index (κ3) is 5.31. The van der Waals surface area contributed by atoms with Crippen LogP contribution in [-0.4, -0.2) is 14.9 Å². The van der Waals surface area contributed by atoms with E-state index in [9.17, 15) is 0 Å². The Balaban J connectivity index is 1.98. The first kappa shape index (κ1) is 13.2. The Hall–Kier alpha value is -0.830. The smallest absolute Gasteiger partial charge is 0.0712 e. The summed E-state index contributed by atoms with van der Waals surface area (Å²) in [5, 5.41) is 13.1. The number of aryl methyl sites for hydroxylation is 1. The van der Waals surface area contributed by atoms with E-state index in [0.29, 0.717) is 0 Å². The number of nitrogens with zero attached hydrogens (tertiary/aromatic N) is 2. The maximum Gasteiger partial charge on any atom is 0.0712 e. The molecule has 0 saturated heterocycles. The van der Waals surface area contributed by atoms with Crippen LogP contribution < -0.4 is 0 Å². The summed E-state index contributed by atoms with van der Waals surface area (Å²) in [7, 11) is 0. The van der Waals surface area contributed by atoms with Crippen molar-refractivity contribution in [2.45, 2.75) is 65.0 Å². The van der Waals surface area contributed by atoms with Crippen molar-refractivity contribution in [3.05, 3.63) is 18.0 Å². The number of hydrogen-bond acceptors (Lipinski definition) is 2. The Labute approximate surface area is 98.5 Å². The van der Waals surface area contributed by atoms with E-state index >= 15 is 0 Å². The summed E-state index contributed by atoms with van der Waals surface area (Å²) in [6.45, 7) is 3.32. The summed E-state index contributed by atoms with van der Waals surface area (Å²) in [4.78, 5) is 0. The van der Waals surface area contributed by atoms with Crippen LogP contribution in [0.15, 0.2) is 12.4 Å². The molecular formula is C13H24N2O. The highest BCUT2D eigenvalue weighted by Crippen LogP contribution is 2.08. The highest BCUT2D eigenvalue weighted by atomic mass is 16.3. The van der Waals surface area contributed by atoms with Gasteiger partial charge in [0, 0.05) is 18.3 Å². The summed E-state index contributed by atoms with van der Waals surface area (Å²) in [6.07, 6.45) is 12.9. The molecule has 3 heteroatoms. The summed E-state index contributed by atoms with van der Waals surface area (Å²) < 4.78 is 1.93. The molecule has 0 unspecified atom stereocenters. The number of hydrogen-bond donors (Lipinski definition) is 1. The monoisotopic (exact) mass is 224 g/mol. The molecule has 0 aromatic carbocycles. The predicted molar refractivity (Wildman–Crippen MR) is 66.1 cm³/mol. The zero-order valence-corrected chi connectivity index (χ0v) is 10.4. The summed E-state index contributed by atoms with van der Waals surface area (Å²) in [5.74, 6) is 0. The first-order valence-corrected chi connectivity index (χ1v) is 6.49. The largest absolute Gasteiger partial charge is 0.392 e. The molecule has 16 heavy (non-hydrogen) atoms. The van der Waals surface area contributed by atoms with Crippen LogP contribution in [0.5, 0.6) is 0 Å².